The number of hydrogen-bond acceptors (Lipinski definition) is 6. The number of nitrogens with zero attached hydrogens (tertiary/aromatic N) is 2. The van der Waals surface area contributed by atoms with E-state index in [9.17, 15) is 0 Å². The van der Waals surface area contributed by atoms with E-state index in [1.807, 2.05) is 29.6 Å². The summed E-state index contributed by atoms with van der Waals surface area (Å²) in [4.78, 5) is 8.51. The summed E-state index contributed by atoms with van der Waals surface area (Å²) in [7, 11) is 3.23. The van der Waals surface area contributed by atoms with Crippen LogP contribution in [0.25, 0.3) is 10.2 Å². The molecule has 6 heteroatoms. The molecule has 0 unspecified atom stereocenters. The molecule has 1 N–H and O–H groups in total. The highest BCUT2D eigenvalue weighted by atomic mass is 32.1. The molecule has 3 aromatic rings. The third kappa shape index (κ3) is 2.25. The number of thiophene rings is 1. The molecule has 0 atom stereocenters. The summed E-state index contributed by atoms with van der Waals surface area (Å²) in [5.74, 6) is 2.16. The monoisotopic (exact) mass is 287 g/mol. The van der Waals surface area contributed by atoms with Crippen LogP contribution < -0.4 is 14.8 Å². The summed E-state index contributed by atoms with van der Waals surface area (Å²) >= 11 is 1.61. The van der Waals surface area contributed by atoms with Gasteiger partial charge in [-0.2, -0.15) is 0 Å². The van der Waals surface area contributed by atoms with E-state index in [2.05, 4.69) is 15.3 Å². The number of rotatable bonds is 4. The van der Waals surface area contributed by atoms with Crippen LogP contribution in [-0.2, 0) is 0 Å². The largest absolute Gasteiger partial charge is 0.493 e. The number of fused-ring (bicyclic) bond motifs is 1. The lowest BCUT2D eigenvalue weighted by atomic mass is 10.2. The van der Waals surface area contributed by atoms with Gasteiger partial charge in [-0.1, -0.05) is 0 Å². The summed E-state index contributed by atoms with van der Waals surface area (Å²) < 4.78 is 11.5. The standard InChI is InChI=1S/C14H13N3O2S/c1-18-11-4-3-9(7-12(11)19-2)17-14-13-10(5-6-20-13)15-8-16-14/h3-8H,1-2H3,(H,15,16,17). The van der Waals surface area contributed by atoms with E-state index in [0.717, 1.165) is 21.7 Å². The molecule has 0 fully saturated rings. The second-order valence-corrected chi connectivity index (χ2v) is 4.97. The van der Waals surface area contributed by atoms with Gasteiger partial charge in [0.25, 0.3) is 0 Å². The van der Waals surface area contributed by atoms with Gasteiger partial charge >= 0.3 is 0 Å². The van der Waals surface area contributed by atoms with Crippen LogP contribution in [0.5, 0.6) is 11.5 Å². The van der Waals surface area contributed by atoms with E-state index >= 15 is 0 Å². The fourth-order valence-corrected chi connectivity index (χ4v) is 2.72. The Morgan fingerprint density at radius 2 is 1.90 bits per heavy atom. The smallest absolute Gasteiger partial charge is 0.162 e. The highest BCUT2D eigenvalue weighted by Gasteiger charge is 2.08. The van der Waals surface area contributed by atoms with Crippen LogP contribution in [0.4, 0.5) is 11.5 Å². The molecule has 0 radical (unpaired) electrons. The van der Waals surface area contributed by atoms with E-state index < -0.39 is 0 Å². The second-order valence-electron chi connectivity index (χ2n) is 4.05. The number of anilines is 2. The average Bonchev–Trinajstić information content (AvgIpc) is 2.96. The molecule has 2 aromatic heterocycles. The van der Waals surface area contributed by atoms with Gasteiger partial charge in [-0.05, 0) is 23.6 Å². The summed E-state index contributed by atoms with van der Waals surface area (Å²) in [6.45, 7) is 0. The Morgan fingerprint density at radius 1 is 1.05 bits per heavy atom. The molecule has 0 aliphatic heterocycles. The molecule has 3 rings (SSSR count). The fourth-order valence-electron chi connectivity index (χ4n) is 1.93. The quantitative estimate of drug-likeness (QED) is 0.796. The Hall–Kier alpha value is -2.34. The van der Waals surface area contributed by atoms with Crippen LogP contribution in [0.15, 0.2) is 36.0 Å². The van der Waals surface area contributed by atoms with Crippen molar-refractivity contribution < 1.29 is 9.47 Å². The van der Waals surface area contributed by atoms with E-state index in [1.54, 1.807) is 31.9 Å². The first-order valence-corrected chi connectivity index (χ1v) is 6.87. The Balaban J connectivity index is 1.96. The zero-order valence-electron chi connectivity index (χ0n) is 11.1. The lowest BCUT2D eigenvalue weighted by Gasteiger charge is -2.11. The molecular weight excluding hydrogens is 274 g/mol. The normalized spacial score (nSPS) is 10.5. The van der Waals surface area contributed by atoms with Crippen molar-refractivity contribution in [2.45, 2.75) is 0 Å². The van der Waals surface area contributed by atoms with Crippen LogP contribution in [-0.4, -0.2) is 24.2 Å². The van der Waals surface area contributed by atoms with Gasteiger partial charge in [0, 0.05) is 11.8 Å². The van der Waals surface area contributed by atoms with Crippen molar-refractivity contribution in [3.8, 4) is 11.5 Å². The Labute approximate surface area is 120 Å². The van der Waals surface area contributed by atoms with Crippen molar-refractivity contribution in [2.75, 3.05) is 19.5 Å². The van der Waals surface area contributed by atoms with Crippen LogP contribution >= 0.6 is 11.3 Å². The molecule has 102 valence electrons. The molecule has 0 amide bonds. The molecule has 20 heavy (non-hydrogen) atoms. The number of hydrogen-bond donors (Lipinski definition) is 1. The second kappa shape index (κ2) is 5.34. The number of benzene rings is 1. The first-order valence-electron chi connectivity index (χ1n) is 5.99. The molecule has 0 aliphatic rings. The molecule has 1 aromatic carbocycles. The highest BCUT2D eigenvalue weighted by Crippen LogP contribution is 2.32. The van der Waals surface area contributed by atoms with E-state index in [0.29, 0.717) is 11.5 Å². The third-order valence-electron chi connectivity index (χ3n) is 2.89. The van der Waals surface area contributed by atoms with Gasteiger partial charge in [0.05, 0.1) is 24.4 Å². The van der Waals surface area contributed by atoms with Crippen molar-refractivity contribution in [1.82, 2.24) is 9.97 Å². The molecule has 5 nitrogen and oxygen atoms in total. The minimum Gasteiger partial charge on any atom is -0.493 e. The average molecular weight is 287 g/mol. The van der Waals surface area contributed by atoms with E-state index in [4.69, 9.17) is 9.47 Å². The molecule has 0 saturated heterocycles. The van der Waals surface area contributed by atoms with Crippen LogP contribution in [0.1, 0.15) is 0 Å². The molecule has 0 aliphatic carbocycles. The van der Waals surface area contributed by atoms with Gasteiger partial charge in [0.2, 0.25) is 0 Å². The van der Waals surface area contributed by atoms with Crippen molar-refractivity contribution in [3.63, 3.8) is 0 Å². The molecule has 0 saturated carbocycles. The molecule has 0 spiro atoms. The summed E-state index contributed by atoms with van der Waals surface area (Å²) in [5, 5.41) is 5.28. The van der Waals surface area contributed by atoms with Gasteiger partial charge in [-0.15, -0.1) is 11.3 Å². The number of aromatic nitrogens is 2. The van der Waals surface area contributed by atoms with Gasteiger partial charge in [-0.3, -0.25) is 0 Å². The number of nitrogens with one attached hydrogen (secondary N) is 1. The summed E-state index contributed by atoms with van der Waals surface area (Å²) in [6, 6.07) is 7.62. The SMILES string of the molecule is COc1ccc(Nc2ncnc3ccsc23)cc1OC. The van der Waals surface area contributed by atoms with Gasteiger partial charge in [-0.25, -0.2) is 9.97 Å². The van der Waals surface area contributed by atoms with Crippen molar-refractivity contribution in [3.05, 3.63) is 36.0 Å². The number of methoxy groups -OCH3 is 2. The lowest BCUT2D eigenvalue weighted by molar-refractivity contribution is 0.355. The minimum absolute atomic E-state index is 0.675. The maximum absolute atomic E-state index is 5.29. The van der Waals surface area contributed by atoms with Gasteiger partial charge in [0.15, 0.2) is 17.3 Å². The maximum Gasteiger partial charge on any atom is 0.162 e. The maximum atomic E-state index is 5.29. The predicted molar refractivity (Wildman–Crippen MR) is 80.2 cm³/mol. The topological polar surface area (TPSA) is 56.3 Å². The summed E-state index contributed by atoms with van der Waals surface area (Å²) in [6.07, 6.45) is 1.55. The third-order valence-corrected chi connectivity index (χ3v) is 3.80. The fraction of sp³-hybridized carbons (Fsp3) is 0.143. The van der Waals surface area contributed by atoms with Crippen molar-refractivity contribution >= 4 is 33.1 Å². The molecule has 0 bridgehead atoms. The molecule has 2 heterocycles. The van der Waals surface area contributed by atoms with Crippen molar-refractivity contribution in [1.29, 1.82) is 0 Å². The van der Waals surface area contributed by atoms with Crippen molar-refractivity contribution in [2.24, 2.45) is 0 Å². The molecular formula is C14H13N3O2S. The zero-order valence-corrected chi connectivity index (χ0v) is 11.9. The Morgan fingerprint density at radius 3 is 2.70 bits per heavy atom. The van der Waals surface area contributed by atoms with Gasteiger partial charge < -0.3 is 14.8 Å². The van der Waals surface area contributed by atoms with Crippen LogP contribution in [0.3, 0.4) is 0 Å². The highest BCUT2D eigenvalue weighted by molar-refractivity contribution is 7.17. The number of ether oxygens (including phenoxy) is 2. The first kappa shape index (κ1) is 12.7. The zero-order chi connectivity index (χ0) is 13.9. The first-order chi connectivity index (χ1) is 9.81. The van der Waals surface area contributed by atoms with E-state index in [1.165, 1.54) is 0 Å². The Kier molecular flexibility index (Phi) is 3.39. The minimum atomic E-state index is 0.675. The van der Waals surface area contributed by atoms with E-state index in [-0.39, 0.29) is 0 Å². The predicted octanol–water partition coefficient (Wildman–Crippen LogP) is 3.45. The Bertz CT molecular complexity index is 742. The van der Waals surface area contributed by atoms with Gasteiger partial charge in [0.1, 0.15) is 6.33 Å². The van der Waals surface area contributed by atoms with Crippen LogP contribution in [0, 0.1) is 0 Å². The van der Waals surface area contributed by atoms with Crippen LogP contribution in [0.2, 0.25) is 0 Å². The summed E-state index contributed by atoms with van der Waals surface area (Å²) in [5.41, 5.74) is 1.82. The lowest BCUT2D eigenvalue weighted by Crippen LogP contribution is -1.96.